The maximum Gasteiger partial charge on any atom is 0.227 e. The van der Waals surface area contributed by atoms with E-state index in [1.165, 1.54) is 18.2 Å². The zero-order valence-electron chi connectivity index (χ0n) is 22.1. The largest absolute Gasteiger partial charge is 0.508 e. The molecule has 1 fully saturated rings. The van der Waals surface area contributed by atoms with Crippen LogP contribution in [0.4, 0.5) is 4.39 Å². The van der Waals surface area contributed by atoms with Crippen molar-refractivity contribution in [2.24, 2.45) is 11.8 Å². The van der Waals surface area contributed by atoms with Gasteiger partial charge >= 0.3 is 0 Å². The van der Waals surface area contributed by atoms with Gasteiger partial charge in [0.05, 0.1) is 12.5 Å². The van der Waals surface area contributed by atoms with Gasteiger partial charge in [-0.2, -0.15) is 0 Å². The van der Waals surface area contributed by atoms with E-state index < -0.39 is 17.8 Å². The lowest BCUT2D eigenvalue weighted by molar-refractivity contribution is -0.138. The van der Waals surface area contributed by atoms with Crippen molar-refractivity contribution in [3.63, 3.8) is 0 Å². The Bertz CT molecular complexity index is 1270. The molecule has 0 aliphatic carbocycles. The first-order valence-corrected chi connectivity index (χ1v) is 12.9. The fraction of sp³-hybridized carbons (Fsp3) is 0.355. The number of methoxy groups -OCH3 is 1. The van der Waals surface area contributed by atoms with Gasteiger partial charge in [0.2, 0.25) is 5.91 Å². The molecule has 1 amide bonds. The summed E-state index contributed by atoms with van der Waals surface area (Å²) < 4.78 is 20.1. The van der Waals surface area contributed by atoms with Crippen molar-refractivity contribution in [2.45, 2.75) is 19.4 Å². The molecule has 0 aromatic heterocycles. The van der Waals surface area contributed by atoms with Gasteiger partial charge in [0.1, 0.15) is 11.6 Å². The number of aromatic hydroxyl groups is 1. The van der Waals surface area contributed by atoms with Crippen molar-refractivity contribution in [3.8, 4) is 5.75 Å². The fourth-order valence-electron chi connectivity index (χ4n) is 5.53. The summed E-state index contributed by atoms with van der Waals surface area (Å²) in [6.07, 6.45) is 0. The van der Waals surface area contributed by atoms with Gasteiger partial charge < -0.3 is 14.7 Å². The van der Waals surface area contributed by atoms with E-state index in [1.54, 1.807) is 44.2 Å². The van der Waals surface area contributed by atoms with Crippen LogP contribution in [0, 0.1) is 24.6 Å². The molecule has 1 aliphatic rings. The second-order valence-electron chi connectivity index (χ2n) is 10.0. The molecule has 3 aromatic carbocycles. The number of carbonyl (C=O) groups excluding carboxylic acids is 2. The number of ether oxygens (including phenoxy) is 1. The van der Waals surface area contributed by atoms with Crippen molar-refractivity contribution >= 4 is 11.7 Å². The summed E-state index contributed by atoms with van der Waals surface area (Å²) in [6.45, 7) is 3.95. The Kier molecular flexibility index (Phi) is 8.92. The standard InChI is InChI=1S/C31H35FN2O4/c1-21-25(13-8-14-28(21)32)29-26(30(36)23-11-7-12-24(35)17-23)19-34(15-16-38-3)20-27(29)31(37)33(2)18-22-9-5-4-6-10-22/h4-14,17,26-27,29,35H,15-16,18-20H2,1-3H3/t26-,27+,29+/m0/s1. The molecule has 200 valence electrons. The van der Waals surface area contributed by atoms with Gasteiger partial charge in [-0.15, -0.1) is 0 Å². The van der Waals surface area contributed by atoms with Crippen LogP contribution in [0.15, 0.2) is 72.8 Å². The van der Waals surface area contributed by atoms with E-state index in [1.807, 2.05) is 36.4 Å². The van der Waals surface area contributed by atoms with Crippen LogP contribution in [0.3, 0.4) is 0 Å². The monoisotopic (exact) mass is 518 g/mol. The average Bonchev–Trinajstić information content (AvgIpc) is 2.92. The molecule has 38 heavy (non-hydrogen) atoms. The zero-order valence-corrected chi connectivity index (χ0v) is 22.1. The number of piperidine rings is 1. The number of Topliss-reactive ketones (excluding diaryl/α,β-unsaturated/α-hetero) is 1. The van der Waals surface area contributed by atoms with Gasteiger partial charge in [0.15, 0.2) is 5.78 Å². The van der Waals surface area contributed by atoms with E-state index in [4.69, 9.17) is 4.74 Å². The highest BCUT2D eigenvalue weighted by molar-refractivity contribution is 5.99. The molecule has 0 bridgehead atoms. The summed E-state index contributed by atoms with van der Waals surface area (Å²) in [7, 11) is 3.39. The number of carbonyl (C=O) groups is 2. The highest BCUT2D eigenvalue weighted by Gasteiger charge is 2.46. The Morgan fingerprint density at radius 3 is 2.45 bits per heavy atom. The molecular weight excluding hydrogens is 483 g/mol. The summed E-state index contributed by atoms with van der Waals surface area (Å²) in [5.74, 6) is -2.39. The van der Waals surface area contributed by atoms with E-state index in [0.717, 1.165) is 5.56 Å². The Hall–Kier alpha value is -3.55. The number of nitrogens with zero attached hydrogens (tertiary/aromatic N) is 2. The molecule has 1 heterocycles. The summed E-state index contributed by atoms with van der Waals surface area (Å²) in [5.41, 5.74) is 2.48. The molecule has 3 atom stereocenters. The van der Waals surface area contributed by atoms with Crippen molar-refractivity contribution in [1.82, 2.24) is 9.80 Å². The Balaban J connectivity index is 1.78. The second kappa shape index (κ2) is 12.3. The predicted molar refractivity (Wildman–Crippen MR) is 145 cm³/mol. The molecule has 1 aliphatic heterocycles. The number of phenols is 1. The maximum atomic E-state index is 14.8. The molecule has 0 unspecified atom stereocenters. The minimum Gasteiger partial charge on any atom is -0.508 e. The van der Waals surface area contributed by atoms with E-state index in [9.17, 15) is 19.1 Å². The maximum absolute atomic E-state index is 14.8. The van der Waals surface area contributed by atoms with Crippen LogP contribution < -0.4 is 0 Å². The third-order valence-corrected chi connectivity index (χ3v) is 7.48. The molecule has 0 radical (unpaired) electrons. The second-order valence-corrected chi connectivity index (χ2v) is 10.0. The van der Waals surface area contributed by atoms with Gasteiger partial charge in [-0.1, -0.05) is 54.6 Å². The smallest absolute Gasteiger partial charge is 0.227 e. The number of hydrogen-bond acceptors (Lipinski definition) is 5. The number of phenolic OH excluding ortho intramolecular Hbond substituents is 1. The third-order valence-electron chi connectivity index (χ3n) is 7.48. The number of amides is 1. The Labute approximate surface area is 223 Å². The van der Waals surface area contributed by atoms with E-state index in [-0.39, 0.29) is 23.3 Å². The molecule has 7 heteroatoms. The van der Waals surface area contributed by atoms with E-state index in [2.05, 4.69) is 4.90 Å². The Morgan fingerprint density at radius 2 is 1.74 bits per heavy atom. The first-order chi connectivity index (χ1) is 18.3. The summed E-state index contributed by atoms with van der Waals surface area (Å²) in [5, 5.41) is 10.1. The number of benzene rings is 3. The number of rotatable bonds is 9. The predicted octanol–water partition coefficient (Wildman–Crippen LogP) is 4.66. The SMILES string of the molecule is COCCN1C[C@H](C(=O)c2cccc(O)c2)[C@@H](c2cccc(F)c2C)[C@H](C(=O)N(C)Cc2ccccc2)C1. The highest BCUT2D eigenvalue weighted by Crippen LogP contribution is 2.42. The minimum absolute atomic E-state index is 0.00314. The van der Waals surface area contributed by atoms with Gasteiger partial charge in [-0.25, -0.2) is 4.39 Å². The normalized spacial score (nSPS) is 19.7. The van der Waals surface area contributed by atoms with Crippen molar-refractivity contribution < 1.29 is 23.8 Å². The van der Waals surface area contributed by atoms with Gasteiger partial charge in [0, 0.05) is 57.7 Å². The third kappa shape index (κ3) is 6.11. The quantitative estimate of drug-likeness (QED) is 0.418. The first kappa shape index (κ1) is 27.5. The van der Waals surface area contributed by atoms with E-state index >= 15 is 0 Å². The minimum atomic E-state index is -0.623. The van der Waals surface area contributed by atoms with Crippen LogP contribution in [0.5, 0.6) is 5.75 Å². The molecule has 0 saturated carbocycles. The van der Waals surface area contributed by atoms with Crippen LogP contribution >= 0.6 is 0 Å². The van der Waals surface area contributed by atoms with E-state index in [0.29, 0.717) is 49.5 Å². The summed E-state index contributed by atoms with van der Waals surface area (Å²) in [4.78, 5) is 31.9. The molecule has 6 nitrogen and oxygen atoms in total. The lowest BCUT2D eigenvalue weighted by atomic mass is 9.69. The molecule has 1 saturated heterocycles. The molecule has 1 N–H and O–H groups in total. The van der Waals surface area contributed by atoms with Crippen molar-refractivity contribution in [1.29, 1.82) is 0 Å². The number of likely N-dealkylation sites (tertiary alicyclic amines) is 1. The zero-order chi connectivity index (χ0) is 27.2. The lowest BCUT2D eigenvalue weighted by Crippen LogP contribution is -2.53. The number of hydrogen-bond donors (Lipinski definition) is 1. The number of ketones is 1. The topological polar surface area (TPSA) is 70.1 Å². The molecule has 3 aromatic rings. The van der Waals surface area contributed by atoms with Crippen LogP contribution in [0.2, 0.25) is 0 Å². The molecular formula is C31H35FN2O4. The fourth-order valence-corrected chi connectivity index (χ4v) is 5.53. The first-order valence-electron chi connectivity index (χ1n) is 12.9. The lowest BCUT2D eigenvalue weighted by Gasteiger charge is -2.44. The van der Waals surface area contributed by atoms with Gasteiger partial charge in [-0.3, -0.25) is 14.5 Å². The van der Waals surface area contributed by atoms with Crippen LogP contribution in [-0.2, 0) is 16.1 Å². The molecule has 4 rings (SSSR count). The van der Waals surface area contributed by atoms with Crippen molar-refractivity contribution in [3.05, 3.63) is 101 Å². The van der Waals surface area contributed by atoms with Crippen molar-refractivity contribution in [2.75, 3.05) is 40.4 Å². The summed E-state index contributed by atoms with van der Waals surface area (Å²) in [6, 6.07) is 20.9. The van der Waals surface area contributed by atoms with Crippen LogP contribution in [-0.4, -0.2) is 67.0 Å². The summed E-state index contributed by atoms with van der Waals surface area (Å²) >= 11 is 0. The van der Waals surface area contributed by atoms with Crippen LogP contribution in [0.1, 0.15) is 33.0 Å². The molecule has 0 spiro atoms. The van der Waals surface area contributed by atoms with Gasteiger partial charge in [-0.05, 0) is 41.8 Å². The average molecular weight is 519 g/mol. The Morgan fingerprint density at radius 1 is 1.03 bits per heavy atom. The number of halogens is 1. The highest BCUT2D eigenvalue weighted by atomic mass is 19.1. The van der Waals surface area contributed by atoms with Gasteiger partial charge in [0.25, 0.3) is 0 Å². The van der Waals surface area contributed by atoms with Crippen LogP contribution in [0.25, 0.3) is 0 Å².